The first-order valence-electron chi connectivity index (χ1n) is 4.88. The second-order valence-electron chi connectivity index (χ2n) is 3.58. The minimum atomic E-state index is -0.907. The summed E-state index contributed by atoms with van der Waals surface area (Å²) in [5.41, 5.74) is 1.76. The van der Waals surface area contributed by atoms with Crippen LogP contribution >= 0.6 is 9.39 Å². The molecule has 0 saturated carbocycles. The largest absolute Gasteiger partial charge is 0.374 e. The molecule has 0 aliphatic carbocycles. The smallest absolute Gasteiger partial charge is 0.156 e. The Morgan fingerprint density at radius 3 is 3.13 bits per heavy atom. The van der Waals surface area contributed by atoms with Crippen molar-refractivity contribution in [3.8, 4) is 12.3 Å². The number of hydrogen-bond acceptors (Lipinski definition) is 3. The van der Waals surface area contributed by atoms with E-state index in [1.165, 1.54) is 5.56 Å². The van der Waals surface area contributed by atoms with Gasteiger partial charge in [-0.3, -0.25) is 0 Å². The third-order valence-electron chi connectivity index (χ3n) is 2.53. The standard InChI is InChI=1S/C11H13N2OP/c1-2-10(14)9-6-5-8-4-3-7-13(15)11(8)12-9/h1,5-6,10,14H,3-4,7,15H2. The third kappa shape index (κ3) is 1.97. The van der Waals surface area contributed by atoms with Gasteiger partial charge in [0.15, 0.2) is 6.10 Å². The van der Waals surface area contributed by atoms with Gasteiger partial charge < -0.3 is 9.78 Å². The highest BCUT2D eigenvalue weighted by Crippen LogP contribution is 2.28. The van der Waals surface area contributed by atoms with Crippen molar-refractivity contribution >= 4 is 15.2 Å². The molecule has 3 nitrogen and oxygen atoms in total. The topological polar surface area (TPSA) is 36.4 Å². The molecule has 0 fully saturated rings. The predicted molar refractivity (Wildman–Crippen MR) is 63.4 cm³/mol. The zero-order valence-corrected chi connectivity index (χ0v) is 9.50. The van der Waals surface area contributed by atoms with Crippen LogP contribution in [0.15, 0.2) is 12.1 Å². The van der Waals surface area contributed by atoms with Gasteiger partial charge in [-0.1, -0.05) is 12.0 Å². The Hall–Kier alpha value is -1.10. The molecule has 2 unspecified atom stereocenters. The highest BCUT2D eigenvalue weighted by molar-refractivity contribution is 7.19. The number of nitrogens with zero attached hydrogens (tertiary/aromatic N) is 2. The number of anilines is 1. The number of aliphatic hydroxyl groups is 1. The van der Waals surface area contributed by atoms with E-state index < -0.39 is 6.10 Å². The molecule has 0 spiro atoms. The minimum absolute atomic E-state index is 0.547. The van der Waals surface area contributed by atoms with Gasteiger partial charge in [-0.25, -0.2) is 4.98 Å². The Bertz CT molecular complexity index is 414. The Labute approximate surface area is 91.8 Å². The number of aryl methyl sites for hydroxylation is 1. The molecule has 15 heavy (non-hydrogen) atoms. The molecule has 1 aliphatic heterocycles. The van der Waals surface area contributed by atoms with Crippen molar-refractivity contribution in [3.63, 3.8) is 0 Å². The maximum absolute atomic E-state index is 9.49. The lowest BCUT2D eigenvalue weighted by Crippen LogP contribution is -2.21. The summed E-state index contributed by atoms with van der Waals surface area (Å²) in [6, 6.07) is 3.79. The molecule has 0 bridgehead atoms. The summed E-state index contributed by atoms with van der Waals surface area (Å²) >= 11 is 0. The first-order valence-corrected chi connectivity index (χ1v) is 5.40. The Morgan fingerprint density at radius 2 is 2.40 bits per heavy atom. The van der Waals surface area contributed by atoms with Gasteiger partial charge in [-0.05, 0) is 33.9 Å². The molecular weight excluding hydrogens is 207 g/mol. The molecule has 0 aromatic carbocycles. The van der Waals surface area contributed by atoms with E-state index in [0.29, 0.717) is 5.69 Å². The van der Waals surface area contributed by atoms with E-state index >= 15 is 0 Å². The van der Waals surface area contributed by atoms with Gasteiger partial charge >= 0.3 is 0 Å². The van der Waals surface area contributed by atoms with Gasteiger partial charge in [0.25, 0.3) is 0 Å². The average Bonchev–Trinajstić information content (AvgIpc) is 2.28. The van der Waals surface area contributed by atoms with Crippen LogP contribution in [0.25, 0.3) is 0 Å². The van der Waals surface area contributed by atoms with Crippen LogP contribution in [-0.4, -0.2) is 16.6 Å². The molecule has 1 aliphatic rings. The summed E-state index contributed by atoms with van der Waals surface area (Å²) in [4.78, 5) is 4.38. The fourth-order valence-corrected chi connectivity index (χ4v) is 2.13. The van der Waals surface area contributed by atoms with Crippen LogP contribution in [0.1, 0.15) is 23.8 Å². The molecule has 1 N–H and O–H groups in total. The Morgan fingerprint density at radius 1 is 1.60 bits per heavy atom. The van der Waals surface area contributed by atoms with Crippen molar-refractivity contribution in [3.05, 3.63) is 23.4 Å². The molecule has 0 amide bonds. The average molecular weight is 220 g/mol. The molecule has 1 aromatic rings. The lowest BCUT2D eigenvalue weighted by Gasteiger charge is -2.26. The molecule has 2 heterocycles. The molecule has 4 heteroatoms. The summed E-state index contributed by atoms with van der Waals surface area (Å²) in [5, 5.41) is 9.49. The summed E-state index contributed by atoms with van der Waals surface area (Å²) < 4.78 is 2.02. The Balaban J connectivity index is 2.40. The van der Waals surface area contributed by atoms with Crippen molar-refractivity contribution in [1.82, 2.24) is 4.98 Å². The van der Waals surface area contributed by atoms with Gasteiger partial charge in [-0.2, -0.15) is 0 Å². The van der Waals surface area contributed by atoms with Crippen LogP contribution in [0.5, 0.6) is 0 Å². The van der Waals surface area contributed by atoms with Crippen LogP contribution < -0.4 is 4.67 Å². The molecular formula is C11H13N2OP. The fourth-order valence-electron chi connectivity index (χ4n) is 1.72. The summed E-state index contributed by atoms with van der Waals surface area (Å²) in [6.07, 6.45) is 6.42. The molecule has 0 radical (unpaired) electrons. The number of fused-ring (bicyclic) bond motifs is 1. The van der Waals surface area contributed by atoms with E-state index in [-0.39, 0.29) is 0 Å². The zero-order valence-electron chi connectivity index (χ0n) is 8.35. The van der Waals surface area contributed by atoms with Crippen molar-refractivity contribution in [2.45, 2.75) is 18.9 Å². The monoisotopic (exact) mass is 220 g/mol. The number of terminal acetylenes is 1. The molecule has 0 saturated heterocycles. The maximum atomic E-state index is 9.49. The third-order valence-corrected chi connectivity index (χ3v) is 3.04. The van der Waals surface area contributed by atoms with Crippen molar-refractivity contribution in [1.29, 1.82) is 0 Å². The number of aliphatic hydroxyl groups excluding tert-OH is 1. The van der Waals surface area contributed by atoms with E-state index in [9.17, 15) is 5.11 Å². The van der Waals surface area contributed by atoms with Crippen LogP contribution in [0.4, 0.5) is 5.82 Å². The van der Waals surface area contributed by atoms with Crippen molar-refractivity contribution in [2.75, 3.05) is 11.2 Å². The number of rotatable bonds is 1. The fraction of sp³-hybridized carbons (Fsp3) is 0.364. The van der Waals surface area contributed by atoms with E-state index in [1.807, 2.05) is 10.7 Å². The molecule has 2 atom stereocenters. The van der Waals surface area contributed by atoms with Gasteiger partial charge in [0.2, 0.25) is 0 Å². The highest BCUT2D eigenvalue weighted by atomic mass is 31.0. The van der Waals surface area contributed by atoms with E-state index in [4.69, 9.17) is 6.42 Å². The first-order chi connectivity index (χ1) is 7.22. The summed E-state index contributed by atoms with van der Waals surface area (Å²) in [6.45, 7) is 0.972. The lowest BCUT2D eigenvalue weighted by atomic mass is 10.1. The van der Waals surface area contributed by atoms with Crippen molar-refractivity contribution < 1.29 is 5.11 Å². The van der Waals surface area contributed by atoms with Crippen molar-refractivity contribution in [2.24, 2.45) is 0 Å². The van der Waals surface area contributed by atoms with E-state index in [1.54, 1.807) is 6.07 Å². The second kappa shape index (κ2) is 4.18. The SMILES string of the molecule is C#CC(O)c1ccc2c(n1)N(P)CCC2. The number of hydrogen-bond donors (Lipinski definition) is 1. The number of aromatic nitrogens is 1. The quantitative estimate of drug-likeness (QED) is 0.572. The van der Waals surface area contributed by atoms with Crippen LogP contribution in [0.2, 0.25) is 0 Å². The summed E-state index contributed by atoms with van der Waals surface area (Å²) in [5.74, 6) is 3.19. The maximum Gasteiger partial charge on any atom is 0.156 e. The van der Waals surface area contributed by atoms with Gasteiger partial charge in [0.05, 0.1) is 5.69 Å². The van der Waals surface area contributed by atoms with E-state index in [2.05, 4.69) is 20.3 Å². The normalized spacial score (nSPS) is 16.7. The molecule has 2 rings (SSSR count). The van der Waals surface area contributed by atoms with Crippen LogP contribution in [0.3, 0.4) is 0 Å². The predicted octanol–water partition coefficient (Wildman–Crippen LogP) is 1.29. The number of pyridine rings is 1. The van der Waals surface area contributed by atoms with Crippen LogP contribution in [0, 0.1) is 12.3 Å². The zero-order chi connectivity index (χ0) is 10.8. The second-order valence-corrected chi connectivity index (χ2v) is 4.21. The van der Waals surface area contributed by atoms with Gasteiger partial charge in [0, 0.05) is 6.54 Å². The first kappa shape index (κ1) is 10.4. The van der Waals surface area contributed by atoms with Crippen LogP contribution in [-0.2, 0) is 6.42 Å². The summed E-state index contributed by atoms with van der Waals surface area (Å²) in [7, 11) is 2.64. The highest BCUT2D eigenvalue weighted by Gasteiger charge is 2.17. The molecule has 1 aromatic heterocycles. The lowest BCUT2D eigenvalue weighted by molar-refractivity contribution is 0.233. The minimum Gasteiger partial charge on any atom is -0.374 e. The van der Waals surface area contributed by atoms with Gasteiger partial charge in [-0.15, -0.1) is 6.42 Å². The Kier molecular flexibility index (Phi) is 2.90. The van der Waals surface area contributed by atoms with E-state index in [0.717, 1.165) is 25.2 Å². The molecule has 78 valence electrons. The van der Waals surface area contributed by atoms with Gasteiger partial charge in [0.1, 0.15) is 5.82 Å².